The molecule has 0 spiro atoms. The van der Waals surface area contributed by atoms with Crippen molar-refractivity contribution in [2.24, 2.45) is 5.41 Å². The van der Waals surface area contributed by atoms with Crippen LogP contribution in [0.15, 0.2) is 29.6 Å². The van der Waals surface area contributed by atoms with Crippen LogP contribution < -0.4 is 0 Å². The Balaban J connectivity index is 1.63. The van der Waals surface area contributed by atoms with Crippen LogP contribution in [0.25, 0.3) is 0 Å². The van der Waals surface area contributed by atoms with Crippen LogP contribution in [0, 0.1) is 5.41 Å². The second-order valence-corrected chi connectivity index (χ2v) is 11.7. The fraction of sp³-hybridized carbons (Fsp3) is 0.520. The van der Waals surface area contributed by atoms with Crippen LogP contribution in [0.5, 0.6) is 0 Å². The molecule has 2 atom stereocenters. The summed E-state index contributed by atoms with van der Waals surface area (Å²) in [6, 6.07) is 7.11. The molecule has 1 aromatic heterocycles. The predicted octanol–water partition coefficient (Wildman–Crippen LogP) is 5.80. The van der Waals surface area contributed by atoms with Gasteiger partial charge >= 0.3 is 0 Å². The third-order valence-corrected chi connectivity index (χ3v) is 8.74. The second-order valence-electron chi connectivity index (χ2n) is 9.54. The Bertz CT molecular complexity index is 1050. The summed E-state index contributed by atoms with van der Waals surface area (Å²) >= 11 is 20.5. The van der Waals surface area contributed by atoms with Gasteiger partial charge in [-0.3, -0.25) is 9.59 Å². The third kappa shape index (κ3) is 5.41. The number of halogens is 3. The molecule has 2 unspecified atom stereocenters. The fourth-order valence-corrected chi connectivity index (χ4v) is 6.17. The van der Waals surface area contributed by atoms with Crippen LogP contribution >= 0.6 is 46.1 Å². The Morgan fingerprint density at radius 1 is 1.24 bits per heavy atom. The number of hydrogen-bond acceptors (Lipinski definition) is 4. The maximum atomic E-state index is 13.8. The summed E-state index contributed by atoms with van der Waals surface area (Å²) in [5.74, 6) is -0.0854. The molecule has 0 N–H and O–H groups in total. The lowest BCUT2D eigenvalue weighted by Crippen LogP contribution is -2.51. The number of amides is 2. The van der Waals surface area contributed by atoms with Crippen LogP contribution in [0.2, 0.25) is 10.0 Å². The first-order valence-corrected chi connectivity index (χ1v) is 13.7. The highest BCUT2D eigenvalue weighted by molar-refractivity contribution is 7.10. The number of nitrogens with zero attached hydrogens (tertiary/aromatic N) is 2. The number of hydrogen-bond donors (Lipinski definition) is 0. The maximum absolute atomic E-state index is 13.8. The minimum Gasteiger partial charge on any atom is -0.376 e. The van der Waals surface area contributed by atoms with E-state index in [1.54, 1.807) is 28.4 Å². The van der Waals surface area contributed by atoms with Crippen LogP contribution in [0.1, 0.15) is 48.7 Å². The van der Waals surface area contributed by atoms with E-state index in [-0.39, 0.29) is 36.4 Å². The lowest BCUT2D eigenvalue weighted by Gasteiger charge is -2.39. The van der Waals surface area contributed by atoms with Gasteiger partial charge in [0.2, 0.25) is 11.8 Å². The van der Waals surface area contributed by atoms with Crippen LogP contribution in [0.3, 0.4) is 0 Å². The van der Waals surface area contributed by atoms with E-state index < -0.39 is 5.41 Å². The molecule has 0 saturated carbocycles. The number of alkyl halides is 1. The van der Waals surface area contributed by atoms with Gasteiger partial charge in [0.1, 0.15) is 0 Å². The topological polar surface area (TPSA) is 49.9 Å². The molecule has 2 aliphatic rings. The molecule has 1 fully saturated rings. The normalized spacial score (nSPS) is 20.3. The lowest BCUT2D eigenvalue weighted by molar-refractivity contribution is -0.147. The van der Waals surface area contributed by atoms with Crippen molar-refractivity contribution in [3.63, 3.8) is 0 Å². The highest BCUT2D eigenvalue weighted by atomic mass is 35.5. The van der Waals surface area contributed by atoms with Crippen molar-refractivity contribution in [3.05, 3.63) is 55.7 Å². The van der Waals surface area contributed by atoms with Crippen molar-refractivity contribution in [2.45, 2.75) is 45.3 Å². The zero-order valence-electron chi connectivity index (χ0n) is 19.4. The van der Waals surface area contributed by atoms with Gasteiger partial charge in [0.25, 0.3) is 0 Å². The number of ether oxygens (including phenoxy) is 1. The Morgan fingerprint density at radius 3 is 2.71 bits per heavy atom. The molecule has 34 heavy (non-hydrogen) atoms. The zero-order valence-corrected chi connectivity index (χ0v) is 22.4. The molecule has 5 nitrogen and oxygen atoms in total. The average Bonchev–Trinajstić information content (AvgIpc) is 3.49. The van der Waals surface area contributed by atoms with Crippen molar-refractivity contribution in [2.75, 3.05) is 32.1 Å². The molecule has 1 aromatic carbocycles. The largest absolute Gasteiger partial charge is 0.376 e. The van der Waals surface area contributed by atoms with Crippen molar-refractivity contribution >= 4 is 58.0 Å². The highest BCUT2D eigenvalue weighted by Gasteiger charge is 2.38. The van der Waals surface area contributed by atoms with E-state index in [1.807, 2.05) is 30.2 Å². The van der Waals surface area contributed by atoms with Gasteiger partial charge in [-0.05, 0) is 67.8 Å². The second kappa shape index (κ2) is 10.8. The molecule has 0 aliphatic carbocycles. The highest BCUT2D eigenvalue weighted by Crippen LogP contribution is 2.41. The Morgan fingerprint density at radius 2 is 2.03 bits per heavy atom. The minimum atomic E-state index is -0.776. The van der Waals surface area contributed by atoms with Gasteiger partial charge in [0.15, 0.2) is 0 Å². The van der Waals surface area contributed by atoms with Crippen molar-refractivity contribution in [3.8, 4) is 0 Å². The molecule has 2 aromatic rings. The predicted molar refractivity (Wildman–Crippen MR) is 138 cm³/mol. The number of rotatable bonds is 7. The summed E-state index contributed by atoms with van der Waals surface area (Å²) in [6.07, 6.45) is 2.55. The smallest absolute Gasteiger partial charge is 0.242 e. The maximum Gasteiger partial charge on any atom is 0.242 e. The van der Waals surface area contributed by atoms with Crippen molar-refractivity contribution < 1.29 is 14.3 Å². The molecule has 4 rings (SSSR count). The van der Waals surface area contributed by atoms with Crippen molar-refractivity contribution in [1.29, 1.82) is 0 Å². The Hall–Kier alpha value is -1.31. The molecule has 184 valence electrons. The monoisotopic (exact) mass is 542 g/mol. The lowest BCUT2D eigenvalue weighted by atomic mass is 9.92. The average molecular weight is 544 g/mol. The molecule has 2 aliphatic heterocycles. The van der Waals surface area contributed by atoms with Gasteiger partial charge in [0.05, 0.1) is 24.1 Å². The van der Waals surface area contributed by atoms with Gasteiger partial charge in [-0.1, -0.05) is 29.3 Å². The SMILES string of the molecule is CC(C)(CCl)C(=O)N(CC(=O)N1CCc2sccc2C1c1ccc(Cl)cc1Cl)CC1CCCO1. The number of carbonyl (C=O) groups is 2. The van der Waals surface area contributed by atoms with E-state index in [9.17, 15) is 9.59 Å². The number of carbonyl (C=O) groups excluding carboxylic acids is 2. The van der Waals surface area contributed by atoms with E-state index >= 15 is 0 Å². The quantitative estimate of drug-likeness (QED) is 0.415. The standard InChI is InChI=1S/C25H29Cl3N2O3S/c1-25(2,15-26)24(32)29(13-17-4-3-10-33-17)14-22(31)30-9-7-21-19(8-11-34-21)23(30)18-6-5-16(27)12-20(18)28/h5-6,8,11-12,17,23H,3-4,7,9-10,13-15H2,1-2H3. The Labute approximate surface area is 219 Å². The van der Waals surface area contributed by atoms with Gasteiger partial charge in [0, 0.05) is 40.5 Å². The molecule has 0 bridgehead atoms. The molecule has 2 amide bonds. The molecule has 0 radical (unpaired) electrons. The fourth-order valence-electron chi connectivity index (χ4n) is 4.64. The third-order valence-electron chi connectivity index (χ3n) is 6.52. The van der Waals surface area contributed by atoms with Crippen molar-refractivity contribution in [1.82, 2.24) is 9.80 Å². The van der Waals surface area contributed by atoms with Crippen LogP contribution in [-0.4, -0.2) is 59.8 Å². The summed E-state index contributed by atoms with van der Waals surface area (Å²) in [5, 5.41) is 3.11. The van der Waals surface area contributed by atoms with Gasteiger partial charge in [-0.2, -0.15) is 0 Å². The van der Waals surface area contributed by atoms with E-state index in [2.05, 4.69) is 6.07 Å². The summed E-state index contributed by atoms with van der Waals surface area (Å²) in [7, 11) is 0. The van der Waals surface area contributed by atoms with E-state index in [0.29, 0.717) is 29.7 Å². The molecular formula is C25H29Cl3N2O3S. The van der Waals surface area contributed by atoms with E-state index in [4.69, 9.17) is 39.5 Å². The van der Waals surface area contributed by atoms with Gasteiger partial charge in [-0.25, -0.2) is 0 Å². The van der Waals surface area contributed by atoms with Crippen LogP contribution in [-0.2, 0) is 20.7 Å². The summed E-state index contributed by atoms with van der Waals surface area (Å²) < 4.78 is 5.78. The molecule has 1 saturated heterocycles. The first kappa shape index (κ1) is 25.8. The number of thiophene rings is 1. The first-order chi connectivity index (χ1) is 16.2. The summed E-state index contributed by atoms with van der Waals surface area (Å²) in [5.41, 5.74) is 1.13. The summed E-state index contributed by atoms with van der Waals surface area (Å²) in [4.78, 5) is 31.9. The number of fused-ring (bicyclic) bond motifs is 1. The van der Waals surface area contributed by atoms with E-state index in [1.165, 1.54) is 4.88 Å². The molecular weight excluding hydrogens is 515 g/mol. The summed E-state index contributed by atoms with van der Waals surface area (Å²) in [6.45, 7) is 5.21. The zero-order chi connectivity index (χ0) is 24.5. The molecule has 3 heterocycles. The van der Waals surface area contributed by atoms with Crippen LogP contribution in [0.4, 0.5) is 0 Å². The van der Waals surface area contributed by atoms with Gasteiger partial charge in [-0.15, -0.1) is 22.9 Å². The first-order valence-electron chi connectivity index (χ1n) is 11.5. The minimum absolute atomic E-state index is 0.0276. The Kier molecular flexibility index (Phi) is 8.15. The van der Waals surface area contributed by atoms with Gasteiger partial charge < -0.3 is 14.5 Å². The molecule has 9 heteroatoms. The van der Waals surface area contributed by atoms with E-state index in [0.717, 1.165) is 30.4 Å². The number of benzene rings is 1.